The quantitative estimate of drug-likeness (QED) is 0.913. The van der Waals surface area contributed by atoms with E-state index in [4.69, 9.17) is 5.73 Å². The van der Waals surface area contributed by atoms with Crippen molar-refractivity contribution in [2.75, 3.05) is 19.3 Å². The lowest BCUT2D eigenvalue weighted by molar-refractivity contribution is 0.138. The summed E-state index contributed by atoms with van der Waals surface area (Å²) in [6, 6.07) is 0.537. The highest BCUT2D eigenvalue weighted by Gasteiger charge is 2.23. The molecule has 0 fully saturated rings. The number of imidazole rings is 1. The fourth-order valence-electron chi connectivity index (χ4n) is 2.41. The molecule has 116 valence electrons. The Morgan fingerprint density at radius 3 is 2.67 bits per heavy atom. The molecule has 0 amide bonds. The van der Waals surface area contributed by atoms with Crippen LogP contribution in [-0.4, -0.2) is 44.1 Å². The molecule has 6 heteroatoms. The lowest BCUT2D eigenvalue weighted by Gasteiger charge is -2.35. The van der Waals surface area contributed by atoms with Gasteiger partial charge in [-0.25, -0.2) is 15.0 Å². The Morgan fingerprint density at radius 2 is 2.00 bits per heavy atom. The van der Waals surface area contributed by atoms with E-state index in [1.54, 1.807) is 6.33 Å². The van der Waals surface area contributed by atoms with Crippen LogP contribution in [-0.2, 0) is 6.54 Å². The maximum Gasteiger partial charge on any atom is 0.165 e. The molecule has 1 atom stereocenters. The molecule has 2 heterocycles. The summed E-state index contributed by atoms with van der Waals surface area (Å²) in [6.07, 6.45) is 4.33. The number of aromatic nitrogens is 4. The summed E-state index contributed by atoms with van der Waals surface area (Å²) in [5, 5.41) is 0. The van der Waals surface area contributed by atoms with Crippen molar-refractivity contribution in [3.8, 4) is 0 Å². The first-order chi connectivity index (χ1) is 9.80. The molecule has 0 saturated carbocycles. The number of aryl methyl sites for hydroxylation is 1. The zero-order chi connectivity index (χ0) is 15.6. The molecule has 2 rings (SSSR count). The van der Waals surface area contributed by atoms with Gasteiger partial charge in [-0.3, -0.25) is 0 Å². The third-order valence-electron chi connectivity index (χ3n) is 4.25. The second-order valence-electron chi connectivity index (χ2n) is 6.75. The SMILES string of the molecule is CC(N(C)CCCn1cnc2c(N)ncnc21)C(C)(C)C. The fourth-order valence-corrected chi connectivity index (χ4v) is 2.41. The van der Waals surface area contributed by atoms with E-state index in [9.17, 15) is 0 Å². The maximum absolute atomic E-state index is 5.80. The van der Waals surface area contributed by atoms with Gasteiger partial charge >= 0.3 is 0 Å². The third-order valence-corrected chi connectivity index (χ3v) is 4.25. The lowest BCUT2D eigenvalue weighted by Crippen LogP contribution is -2.40. The highest BCUT2D eigenvalue weighted by atomic mass is 15.2. The monoisotopic (exact) mass is 290 g/mol. The van der Waals surface area contributed by atoms with Crippen LogP contribution in [0.25, 0.3) is 11.2 Å². The largest absolute Gasteiger partial charge is 0.382 e. The van der Waals surface area contributed by atoms with Crippen LogP contribution in [0.5, 0.6) is 0 Å². The minimum absolute atomic E-state index is 0.290. The topological polar surface area (TPSA) is 72.9 Å². The van der Waals surface area contributed by atoms with Gasteiger partial charge in [-0.15, -0.1) is 0 Å². The first-order valence-electron chi connectivity index (χ1n) is 7.42. The summed E-state index contributed by atoms with van der Waals surface area (Å²) < 4.78 is 2.04. The van der Waals surface area contributed by atoms with Crippen molar-refractivity contribution in [2.45, 2.75) is 46.7 Å². The van der Waals surface area contributed by atoms with Gasteiger partial charge in [0, 0.05) is 12.6 Å². The predicted molar refractivity (Wildman–Crippen MR) is 85.9 cm³/mol. The Balaban J connectivity index is 1.95. The van der Waals surface area contributed by atoms with Crippen molar-refractivity contribution in [3.63, 3.8) is 0 Å². The molecule has 1 unspecified atom stereocenters. The van der Waals surface area contributed by atoms with Crippen molar-refractivity contribution in [1.29, 1.82) is 0 Å². The zero-order valence-corrected chi connectivity index (χ0v) is 13.7. The molecule has 21 heavy (non-hydrogen) atoms. The van der Waals surface area contributed by atoms with Crippen LogP contribution in [0.3, 0.4) is 0 Å². The van der Waals surface area contributed by atoms with Crippen molar-refractivity contribution < 1.29 is 0 Å². The molecular weight excluding hydrogens is 264 g/mol. The highest BCUT2D eigenvalue weighted by molar-refractivity contribution is 5.80. The van der Waals surface area contributed by atoms with Gasteiger partial charge in [0.1, 0.15) is 11.8 Å². The summed E-state index contributed by atoms with van der Waals surface area (Å²) in [7, 11) is 2.18. The molecular formula is C15H26N6. The molecule has 0 radical (unpaired) electrons. The average molecular weight is 290 g/mol. The van der Waals surface area contributed by atoms with Gasteiger partial charge in [-0.05, 0) is 32.4 Å². The van der Waals surface area contributed by atoms with E-state index < -0.39 is 0 Å². The van der Waals surface area contributed by atoms with Crippen LogP contribution < -0.4 is 5.73 Å². The van der Waals surface area contributed by atoms with Gasteiger partial charge in [-0.2, -0.15) is 0 Å². The summed E-state index contributed by atoms with van der Waals surface area (Å²) in [4.78, 5) is 14.9. The van der Waals surface area contributed by atoms with Crippen LogP contribution in [0, 0.1) is 5.41 Å². The van der Waals surface area contributed by atoms with Gasteiger partial charge in [-0.1, -0.05) is 20.8 Å². The van der Waals surface area contributed by atoms with Crippen LogP contribution in [0.4, 0.5) is 5.82 Å². The summed E-state index contributed by atoms with van der Waals surface area (Å²) in [5.74, 6) is 0.442. The Kier molecular flexibility index (Phi) is 4.46. The van der Waals surface area contributed by atoms with Gasteiger partial charge in [0.15, 0.2) is 11.5 Å². The van der Waals surface area contributed by atoms with Crippen LogP contribution in [0.1, 0.15) is 34.1 Å². The van der Waals surface area contributed by atoms with Crippen LogP contribution in [0.15, 0.2) is 12.7 Å². The van der Waals surface area contributed by atoms with E-state index in [1.165, 1.54) is 6.33 Å². The minimum Gasteiger partial charge on any atom is -0.382 e. The van der Waals surface area contributed by atoms with E-state index >= 15 is 0 Å². The molecule has 6 nitrogen and oxygen atoms in total. The minimum atomic E-state index is 0.290. The highest BCUT2D eigenvalue weighted by Crippen LogP contribution is 2.23. The number of anilines is 1. The Bertz CT molecular complexity index is 598. The molecule has 0 aliphatic rings. The molecule has 0 aliphatic carbocycles. The molecule has 0 aromatic carbocycles. The first-order valence-corrected chi connectivity index (χ1v) is 7.42. The van der Waals surface area contributed by atoms with Crippen molar-refractivity contribution >= 4 is 17.0 Å². The lowest BCUT2D eigenvalue weighted by atomic mass is 9.87. The van der Waals surface area contributed by atoms with E-state index in [0.29, 0.717) is 17.4 Å². The van der Waals surface area contributed by atoms with E-state index in [2.05, 4.69) is 54.6 Å². The summed E-state index contributed by atoms with van der Waals surface area (Å²) in [6.45, 7) is 11.0. The Morgan fingerprint density at radius 1 is 1.29 bits per heavy atom. The number of rotatable bonds is 5. The Hall–Kier alpha value is -1.69. The van der Waals surface area contributed by atoms with Gasteiger partial charge < -0.3 is 15.2 Å². The summed E-state index contributed by atoms with van der Waals surface area (Å²) >= 11 is 0. The number of nitrogens with zero attached hydrogens (tertiary/aromatic N) is 5. The van der Waals surface area contributed by atoms with Gasteiger partial charge in [0.25, 0.3) is 0 Å². The van der Waals surface area contributed by atoms with Crippen LogP contribution >= 0.6 is 0 Å². The molecule has 2 N–H and O–H groups in total. The number of hydrogen-bond donors (Lipinski definition) is 1. The zero-order valence-electron chi connectivity index (χ0n) is 13.7. The standard InChI is InChI=1S/C15H26N6/c1-11(15(2,3)4)20(5)7-6-8-21-10-19-12-13(16)17-9-18-14(12)21/h9-11H,6-8H2,1-5H3,(H2,16,17,18). The van der Waals surface area contributed by atoms with Crippen LogP contribution in [0.2, 0.25) is 0 Å². The van der Waals surface area contributed by atoms with Gasteiger partial charge in [0.2, 0.25) is 0 Å². The molecule has 0 aliphatic heterocycles. The van der Waals surface area contributed by atoms with E-state index in [1.807, 2.05) is 4.57 Å². The van der Waals surface area contributed by atoms with E-state index in [-0.39, 0.29) is 5.41 Å². The van der Waals surface area contributed by atoms with Crippen molar-refractivity contribution in [2.24, 2.45) is 5.41 Å². The second kappa shape index (κ2) is 5.97. The molecule has 0 spiro atoms. The molecule has 2 aromatic heterocycles. The number of fused-ring (bicyclic) bond motifs is 1. The molecule has 0 saturated heterocycles. The maximum atomic E-state index is 5.80. The molecule has 2 aromatic rings. The average Bonchev–Trinajstić information content (AvgIpc) is 2.81. The fraction of sp³-hybridized carbons (Fsp3) is 0.667. The second-order valence-corrected chi connectivity index (χ2v) is 6.75. The number of nitrogens with two attached hydrogens (primary N) is 1. The number of hydrogen-bond acceptors (Lipinski definition) is 5. The van der Waals surface area contributed by atoms with E-state index in [0.717, 1.165) is 25.2 Å². The predicted octanol–water partition coefficient (Wildman–Crippen LogP) is 2.16. The van der Waals surface area contributed by atoms with Crippen molar-refractivity contribution in [1.82, 2.24) is 24.4 Å². The first kappa shape index (κ1) is 15.7. The molecule has 0 bridgehead atoms. The number of nitrogen functional groups attached to an aromatic ring is 1. The Labute approximate surface area is 126 Å². The normalized spacial score (nSPS) is 14.0. The third kappa shape index (κ3) is 3.50. The van der Waals surface area contributed by atoms with Crippen molar-refractivity contribution in [3.05, 3.63) is 12.7 Å². The summed E-state index contributed by atoms with van der Waals surface area (Å²) in [5.41, 5.74) is 7.59. The smallest absolute Gasteiger partial charge is 0.165 e. The van der Waals surface area contributed by atoms with Gasteiger partial charge in [0.05, 0.1) is 6.33 Å².